The molecule has 84 valence electrons. The highest BCUT2D eigenvalue weighted by Crippen LogP contribution is 2.55. The summed E-state index contributed by atoms with van der Waals surface area (Å²) < 4.78 is 0. The Bertz CT molecular complexity index is 286. The highest BCUT2D eigenvalue weighted by Gasteiger charge is 2.55. The number of aliphatic hydroxyl groups excluding tert-OH is 1. The average molecular weight is 209 g/mol. The number of hydrogen-bond acceptors (Lipinski definition) is 2. The Balaban J connectivity index is 1.85. The molecule has 0 saturated heterocycles. The van der Waals surface area contributed by atoms with E-state index in [0.717, 1.165) is 25.2 Å². The van der Waals surface area contributed by atoms with Crippen molar-refractivity contribution in [3.8, 4) is 0 Å². The molecular weight excluding hydrogens is 190 g/mol. The van der Waals surface area contributed by atoms with Gasteiger partial charge in [0.2, 0.25) is 5.91 Å². The lowest BCUT2D eigenvalue weighted by Gasteiger charge is -2.58. The van der Waals surface area contributed by atoms with E-state index in [1.54, 1.807) is 6.92 Å². The van der Waals surface area contributed by atoms with E-state index in [0.29, 0.717) is 11.8 Å². The second kappa shape index (κ2) is 2.97. The molecule has 0 heterocycles. The smallest absolute Gasteiger partial charge is 0.217 e. The van der Waals surface area contributed by atoms with Crippen LogP contribution in [0.3, 0.4) is 0 Å². The fraction of sp³-hybridized carbons (Fsp3) is 0.917. The fourth-order valence-corrected chi connectivity index (χ4v) is 4.52. The third kappa shape index (κ3) is 1.40. The summed E-state index contributed by atoms with van der Waals surface area (Å²) in [5, 5.41) is 13.2. The Hall–Kier alpha value is -0.570. The summed E-state index contributed by atoms with van der Waals surface area (Å²) in [5.41, 5.74) is 0.0432. The Labute approximate surface area is 90.2 Å². The highest BCUT2D eigenvalue weighted by molar-refractivity contribution is 5.74. The number of hydrogen-bond donors (Lipinski definition) is 2. The van der Waals surface area contributed by atoms with Crippen molar-refractivity contribution >= 4 is 5.91 Å². The molecule has 4 fully saturated rings. The quantitative estimate of drug-likeness (QED) is 0.678. The molecule has 2 atom stereocenters. The molecule has 15 heavy (non-hydrogen) atoms. The van der Waals surface area contributed by atoms with Gasteiger partial charge in [-0.3, -0.25) is 4.79 Å². The van der Waals surface area contributed by atoms with E-state index in [2.05, 4.69) is 5.32 Å². The fourth-order valence-electron chi connectivity index (χ4n) is 4.52. The number of rotatable bonds is 1. The molecule has 0 aliphatic heterocycles. The average Bonchev–Trinajstić information content (AvgIpc) is 2.10. The van der Waals surface area contributed by atoms with Gasteiger partial charge in [0, 0.05) is 12.5 Å². The minimum absolute atomic E-state index is 0.0432. The van der Waals surface area contributed by atoms with Crippen LogP contribution in [0.2, 0.25) is 0 Å². The van der Waals surface area contributed by atoms with Crippen molar-refractivity contribution < 1.29 is 9.90 Å². The van der Waals surface area contributed by atoms with Crippen LogP contribution < -0.4 is 5.32 Å². The second-order valence-electron chi connectivity index (χ2n) is 5.92. The Morgan fingerprint density at radius 3 is 2.40 bits per heavy atom. The van der Waals surface area contributed by atoms with Gasteiger partial charge >= 0.3 is 0 Å². The molecule has 2 unspecified atom stereocenters. The molecule has 0 aromatic rings. The lowest BCUT2D eigenvalue weighted by atomic mass is 9.52. The first kappa shape index (κ1) is 9.64. The van der Waals surface area contributed by atoms with Crippen LogP contribution in [0.4, 0.5) is 0 Å². The summed E-state index contributed by atoms with van der Waals surface area (Å²) in [7, 11) is 0. The topological polar surface area (TPSA) is 49.3 Å². The molecule has 4 aliphatic carbocycles. The van der Waals surface area contributed by atoms with Crippen molar-refractivity contribution in [1.82, 2.24) is 5.32 Å². The van der Waals surface area contributed by atoms with Gasteiger partial charge in [-0.1, -0.05) is 0 Å². The monoisotopic (exact) mass is 209 g/mol. The summed E-state index contributed by atoms with van der Waals surface area (Å²) in [6.07, 6.45) is 5.41. The van der Waals surface area contributed by atoms with Crippen LogP contribution in [-0.4, -0.2) is 22.7 Å². The van der Waals surface area contributed by atoms with Gasteiger partial charge in [0.1, 0.15) is 0 Å². The van der Waals surface area contributed by atoms with Crippen LogP contribution in [0.5, 0.6) is 0 Å². The SMILES string of the molecule is CC(=O)NC12CC3CC(C1)C(O)C(C3)C2. The standard InChI is InChI=1S/C12H19NO2/c1-7(14)13-12-4-8-2-9(5-12)11(15)10(3-8)6-12/h8-11,15H,2-6H2,1H3,(H,13,14). The molecule has 0 spiro atoms. The van der Waals surface area contributed by atoms with Crippen molar-refractivity contribution in [3.05, 3.63) is 0 Å². The van der Waals surface area contributed by atoms with Gasteiger partial charge in [-0.05, 0) is 49.9 Å². The Kier molecular flexibility index (Phi) is 1.91. The van der Waals surface area contributed by atoms with E-state index in [1.165, 1.54) is 12.8 Å². The molecule has 0 aromatic carbocycles. The van der Waals surface area contributed by atoms with Gasteiger partial charge in [-0.2, -0.15) is 0 Å². The van der Waals surface area contributed by atoms with Crippen molar-refractivity contribution in [2.24, 2.45) is 17.8 Å². The lowest BCUT2D eigenvalue weighted by Crippen LogP contribution is -2.63. The predicted octanol–water partition coefficient (Wildman–Crippen LogP) is 1.06. The molecule has 2 N–H and O–H groups in total. The molecule has 4 aliphatic rings. The van der Waals surface area contributed by atoms with Crippen LogP contribution >= 0.6 is 0 Å². The van der Waals surface area contributed by atoms with Crippen molar-refractivity contribution in [2.45, 2.75) is 50.7 Å². The summed E-state index contributed by atoms with van der Waals surface area (Å²) in [6.45, 7) is 1.61. The summed E-state index contributed by atoms with van der Waals surface area (Å²) >= 11 is 0. The molecule has 4 rings (SSSR count). The molecule has 0 aromatic heterocycles. The zero-order valence-corrected chi connectivity index (χ0v) is 9.20. The largest absolute Gasteiger partial charge is 0.393 e. The van der Waals surface area contributed by atoms with Gasteiger partial charge in [0.05, 0.1) is 6.10 Å². The number of aliphatic hydroxyl groups is 1. The molecule has 4 saturated carbocycles. The van der Waals surface area contributed by atoms with Crippen molar-refractivity contribution in [1.29, 1.82) is 0 Å². The minimum atomic E-state index is -0.0940. The number of carbonyl (C=O) groups excluding carboxylic acids is 1. The van der Waals surface area contributed by atoms with Gasteiger partial charge in [-0.25, -0.2) is 0 Å². The molecule has 4 bridgehead atoms. The molecule has 3 heteroatoms. The molecule has 3 nitrogen and oxygen atoms in total. The van der Waals surface area contributed by atoms with Crippen LogP contribution in [0.25, 0.3) is 0 Å². The minimum Gasteiger partial charge on any atom is -0.393 e. The normalized spacial score (nSPS) is 51.9. The van der Waals surface area contributed by atoms with E-state index >= 15 is 0 Å². The van der Waals surface area contributed by atoms with Gasteiger partial charge in [-0.15, -0.1) is 0 Å². The first-order chi connectivity index (χ1) is 7.08. The Morgan fingerprint density at radius 2 is 1.87 bits per heavy atom. The third-order valence-corrected chi connectivity index (χ3v) is 4.66. The zero-order valence-electron chi connectivity index (χ0n) is 9.20. The van der Waals surface area contributed by atoms with E-state index < -0.39 is 0 Å². The van der Waals surface area contributed by atoms with E-state index in [-0.39, 0.29) is 17.6 Å². The lowest BCUT2D eigenvalue weighted by molar-refractivity contribution is -0.134. The third-order valence-electron chi connectivity index (χ3n) is 4.66. The van der Waals surface area contributed by atoms with Gasteiger partial charge in [0.25, 0.3) is 0 Å². The maximum atomic E-state index is 11.2. The maximum absolute atomic E-state index is 11.2. The Morgan fingerprint density at radius 1 is 1.27 bits per heavy atom. The van der Waals surface area contributed by atoms with Crippen LogP contribution in [0, 0.1) is 17.8 Å². The van der Waals surface area contributed by atoms with E-state index in [9.17, 15) is 9.90 Å². The van der Waals surface area contributed by atoms with Crippen LogP contribution in [0.15, 0.2) is 0 Å². The number of nitrogens with one attached hydrogen (secondary N) is 1. The van der Waals surface area contributed by atoms with Crippen LogP contribution in [-0.2, 0) is 4.79 Å². The van der Waals surface area contributed by atoms with E-state index in [4.69, 9.17) is 0 Å². The molecular formula is C12H19NO2. The zero-order chi connectivity index (χ0) is 10.6. The summed E-state index contributed by atoms with van der Waals surface area (Å²) in [4.78, 5) is 11.2. The first-order valence-corrected chi connectivity index (χ1v) is 6.05. The summed E-state index contributed by atoms with van der Waals surface area (Å²) in [5.74, 6) is 1.73. The predicted molar refractivity (Wildman–Crippen MR) is 56.1 cm³/mol. The van der Waals surface area contributed by atoms with Gasteiger partial charge < -0.3 is 10.4 Å². The highest BCUT2D eigenvalue weighted by atomic mass is 16.3. The summed E-state index contributed by atoms with van der Waals surface area (Å²) in [6, 6.07) is 0. The number of amides is 1. The van der Waals surface area contributed by atoms with Crippen molar-refractivity contribution in [3.63, 3.8) is 0 Å². The molecule has 0 radical (unpaired) electrons. The first-order valence-electron chi connectivity index (χ1n) is 6.05. The van der Waals surface area contributed by atoms with Gasteiger partial charge in [0.15, 0.2) is 0 Å². The van der Waals surface area contributed by atoms with Crippen LogP contribution in [0.1, 0.15) is 39.0 Å². The maximum Gasteiger partial charge on any atom is 0.217 e. The van der Waals surface area contributed by atoms with Crippen molar-refractivity contribution in [2.75, 3.05) is 0 Å². The number of carbonyl (C=O) groups is 1. The molecule has 1 amide bonds. The van der Waals surface area contributed by atoms with E-state index in [1.807, 2.05) is 0 Å². The second-order valence-corrected chi connectivity index (χ2v) is 5.92.